The average Bonchev–Trinajstić information content (AvgIpc) is 3.08. The zero-order valence-corrected chi connectivity index (χ0v) is 12.2. The summed E-state index contributed by atoms with van der Waals surface area (Å²) in [5.41, 5.74) is 0.967. The van der Waals surface area contributed by atoms with E-state index in [9.17, 15) is 0 Å². The van der Waals surface area contributed by atoms with E-state index in [1.807, 2.05) is 23.7 Å². The smallest absolute Gasteiger partial charge is 0.203 e. The van der Waals surface area contributed by atoms with Crippen molar-refractivity contribution >= 4 is 11.5 Å². The molecule has 2 unspecified atom stereocenters. The van der Waals surface area contributed by atoms with E-state index in [-0.39, 0.29) is 5.54 Å². The number of aryl methyl sites for hydroxylation is 1. The van der Waals surface area contributed by atoms with Crippen molar-refractivity contribution in [3.8, 4) is 0 Å². The number of aromatic nitrogens is 4. The molecular formula is C14H20N6. The number of rotatable bonds is 1. The molecule has 0 spiro atoms. The topological polar surface area (TPSA) is 58.4 Å². The highest BCUT2D eigenvalue weighted by Crippen LogP contribution is 2.43. The van der Waals surface area contributed by atoms with Gasteiger partial charge in [-0.05, 0) is 32.6 Å². The Morgan fingerprint density at radius 1 is 1.30 bits per heavy atom. The highest BCUT2D eigenvalue weighted by Gasteiger charge is 2.50. The van der Waals surface area contributed by atoms with Gasteiger partial charge in [0.2, 0.25) is 5.65 Å². The van der Waals surface area contributed by atoms with E-state index in [0.717, 1.165) is 36.9 Å². The molecule has 0 saturated carbocycles. The molecule has 0 radical (unpaired) electrons. The van der Waals surface area contributed by atoms with Crippen molar-refractivity contribution in [1.29, 1.82) is 0 Å². The van der Waals surface area contributed by atoms with Gasteiger partial charge in [-0.3, -0.25) is 4.40 Å². The summed E-state index contributed by atoms with van der Waals surface area (Å²) in [6.07, 6.45) is 3.78. The van der Waals surface area contributed by atoms with Crippen molar-refractivity contribution in [2.75, 3.05) is 24.5 Å². The summed E-state index contributed by atoms with van der Waals surface area (Å²) in [6, 6.07) is 0. The first-order valence-corrected chi connectivity index (χ1v) is 7.24. The maximum absolute atomic E-state index is 4.61. The molecule has 2 aromatic heterocycles. The van der Waals surface area contributed by atoms with Crippen LogP contribution in [-0.2, 0) is 0 Å². The first-order chi connectivity index (χ1) is 9.59. The van der Waals surface area contributed by atoms with Crippen molar-refractivity contribution in [3.63, 3.8) is 0 Å². The lowest BCUT2D eigenvalue weighted by molar-refractivity contribution is 0.356. The van der Waals surface area contributed by atoms with E-state index in [4.69, 9.17) is 0 Å². The molecule has 0 amide bonds. The van der Waals surface area contributed by atoms with E-state index in [2.05, 4.69) is 39.2 Å². The van der Waals surface area contributed by atoms with Crippen LogP contribution in [0.25, 0.3) is 5.65 Å². The van der Waals surface area contributed by atoms with Gasteiger partial charge in [0.25, 0.3) is 0 Å². The fourth-order valence-corrected chi connectivity index (χ4v) is 3.90. The molecule has 2 aromatic rings. The normalized spacial score (nSPS) is 28.2. The lowest BCUT2D eigenvalue weighted by Crippen LogP contribution is -2.45. The molecule has 6 nitrogen and oxygen atoms in total. The summed E-state index contributed by atoms with van der Waals surface area (Å²) < 4.78 is 2.02. The fourth-order valence-electron chi connectivity index (χ4n) is 3.90. The van der Waals surface area contributed by atoms with E-state index in [1.54, 1.807) is 0 Å². The van der Waals surface area contributed by atoms with Crippen LogP contribution in [0.2, 0.25) is 0 Å². The Kier molecular flexibility index (Phi) is 2.36. The van der Waals surface area contributed by atoms with E-state index >= 15 is 0 Å². The molecule has 6 heteroatoms. The Morgan fingerprint density at radius 2 is 2.15 bits per heavy atom. The number of anilines is 1. The molecule has 1 N–H and O–H groups in total. The van der Waals surface area contributed by atoms with Crippen LogP contribution in [-0.4, -0.2) is 44.8 Å². The van der Waals surface area contributed by atoms with Crippen LogP contribution in [0.15, 0.2) is 12.4 Å². The summed E-state index contributed by atoms with van der Waals surface area (Å²) in [7, 11) is 0. The molecule has 106 valence electrons. The maximum atomic E-state index is 4.61. The lowest BCUT2D eigenvalue weighted by atomic mass is 9.85. The van der Waals surface area contributed by atoms with Gasteiger partial charge >= 0.3 is 0 Å². The van der Waals surface area contributed by atoms with Gasteiger partial charge in [0.15, 0.2) is 5.82 Å². The van der Waals surface area contributed by atoms with Crippen LogP contribution in [0.1, 0.15) is 19.7 Å². The Balaban J connectivity index is 1.84. The van der Waals surface area contributed by atoms with Gasteiger partial charge in [-0.2, -0.15) is 0 Å². The molecule has 4 heterocycles. The number of nitrogens with zero attached hydrogens (tertiary/aromatic N) is 5. The van der Waals surface area contributed by atoms with Crippen LogP contribution in [0.4, 0.5) is 5.82 Å². The number of hydrogen-bond donors (Lipinski definition) is 1. The van der Waals surface area contributed by atoms with Gasteiger partial charge in [0.1, 0.15) is 5.82 Å². The largest absolute Gasteiger partial charge is 0.348 e. The molecule has 2 atom stereocenters. The standard InChI is InChI=1S/C14H20N6/c1-9-17-18-13-12(16-4-5-19(9)13)20-8-10-6-15-7-11(10)14(20,2)3/h4-5,10-11,15H,6-8H2,1-3H3. The van der Waals surface area contributed by atoms with Crippen LogP contribution in [0, 0.1) is 18.8 Å². The summed E-state index contributed by atoms with van der Waals surface area (Å²) >= 11 is 0. The molecule has 0 aliphatic carbocycles. The SMILES string of the molecule is Cc1nnc2c(N3CC4CNCC4C3(C)C)nccn12. The number of hydrogen-bond acceptors (Lipinski definition) is 5. The molecule has 2 aliphatic rings. The number of fused-ring (bicyclic) bond motifs is 2. The zero-order valence-electron chi connectivity index (χ0n) is 12.2. The van der Waals surface area contributed by atoms with Crippen molar-refractivity contribution in [2.24, 2.45) is 11.8 Å². The van der Waals surface area contributed by atoms with Crippen LogP contribution in [0.5, 0.6) is 0 Å². The van der Waals surface area contributed by atoms with Crippen molar-refractivity contribution < 1.29 is 0 Å². The van der Waals surface area contributed by atoms with E-state index in [0.29, 0.717) is 11.8 Å². The molecule has 2 saturated heterocycles. The third kappa shape index (κ3) is 1.45. The van der Waals surface area contributed by atoms with Crippen molar-refractivity contribution in [2.45, 2.75) is 26.3 Å². The quantitative estimate of drug-likeness (QED) is 0.834. The average molecular weight is 272 g/mol. The predicted octanol–water partition coefficient (Wildman–Crippen LogP) is 0.867. The van der Waals surface area contributed by atoms with Gasteiger partial charge in [0.05, 0.1) is 0 Å². The van der Waals surface area contributed by atoms with E-state index in [1.165, 1.54) is 0 Å². The molecule has 2 fully saturated rings. The molecule has 20 heavy (non-hydrogen) atoms. The van der Waals surface area contributed by atoms with Gasteiger partial charge in [-0.15, -0.1) is 10.2 Å². The van der Waals surface area contributed by atoms with Gasteiger partial charge in [-0.1, -0.05) is 0 Å². The predicted molar refractivity (Wildman–Crippen MR) is 76.8 cm³/mol. The molecule has 0 bridgehead atoms. The highest BCUT2D eigenvalue weighted by molar-refractivity contribution is 5.66. The Bertz CT molecular complexity index is 661. The zero-order chi connectivity index (χ0) is 13.9. The van der Waals surface area contributed by atoms with Crippen molar-refractivity contribution in [1.82, 2.24) is 24.9 Å². The summed E-state index contributed by atoms with van der Waals surface area (Å²) in [4.78, 5) is 7.03. The Hall–Kier alpha value is -1.69. The Morgan fingerprint density at radius 3 is 2.95 bits per heavy atom. The molecule has 2 aliphatic heterocycles. The van der Waals surface area contributed by atoms with Gasteiger partial charge < -0.3 is 10.2 Å². The highest BCUT2D eigenvalue weighted by atomic mass is 15.3. The Labute approximate surface area is 118 Å². The minimum atomic E-state index is 0.100. The molecule has 4 rings (SSSR count). The first-order valence-electron chi connectivity index (χ1n) is 7.24. The lowest BCUT2D eigenvalue weighted by Gasteiger charge is -2.36. The minimum Gasteiger partial charge on any atom is -0.348 e. The van der Waals surface area contributed by atoms with Crippen LogP contribution >= 0.6 is 0 Å². The van der Waals surface area contributed by atoms with Gasteiger partial charge in [0, 0.05) is 37.6 Å². The van der Waals surface area contributed by atoms with Crippen LogP contribution < -0.4 is 10.2 Å². The van der Waals surface area contributed by atoms with Crippen molar-refractivity contribution in [3.05, 3.63) is 18.2 Å². The second-order valence-corrected chi connectivity index (χ2v) is 6.48. The monoisotopic (exact) mass is 272 g/mol. The molecular weight excluding hydrogens is 252 g/mol. The number of nitrogens with one attached hydrogen (secondary N) is 1. The molecule has 0 aromatic carbocycles. The van der Waals surface area contributed by atoms with Gasteiger partial charge in [-0.25, -0.2) is 4.98 Å². The summed E-state index contributed by atoms with van der Waals surface area (Å²) in [5, 5.41) is 12.0. The third-order valence-electron chi connectivity index (χ3n) is 5.09. The third-order valence-corrected chi connectivity index (χ3v) is 5.09. The fraction of sp³-hybridized carbons (Fsp3) is 0.643. The first kappa shape index (κ1) is 12.1. The van der Waals surface area contributed by atoms with Crippen LogP contribution in [0.3, 0.4) is 0 Å². The second kappa shape index (κ2) is 3.91. The summed E-state index contributed by atoms with van der Waals surface area (Å²) in [5.74, 6) is 3.25. The van der Waals surface area contributed by atoms with E-state index < -0.39 is 0 Å². The maximum Gasteiger partial charge on any atom is 0.203 e. The minimum absolute atomic E-state index is 0.100. The second-order valence-electron chi connectivity index (χ2n) is 6.48. The summed E-state index contributed by atoms with van der Waals surface area (Å²) in [6.45, 7) is 9.86.